The van der Waals surface area contributed by atoms with Crippen molar-refractivity contribution in [2.75, 3.05) is 0 Å². The van der Waals surface area contributed by atoms with E-state index in [-0.39, 0.29) is 12.1 Å². The van der Waals surface area contributed by atoms with Crippen molar-refractivity contribution >= 4 is 23.2 Å². The van der Waals surface area contributed by atoms with Crippen LogP contribution >= 0.6 is 11.3 Å². The van der Waals surface area contributed by atoms with Gasteiger partial charge >= 0.3 is 12.1 Å². The number of carbonyl (C=O) groups is 2. The molecular weight excluding hydrogens is 417 g/mol. The lowest BCUT2D eigenvalue weighted by molar-refractivity contribution is -0.138. The summed E-state index contributed by atoms with van der Waals surface area (Å²) in [6.07, 6.45) is -4.34. The van der Waals surface area contributed by atoms with Crippen molar-refractivity contribution in [3.63, 3.8) is 0 Å². The van der Waals surface area contributed by atoms with Crippen LogP contribution in [0.4, 0.5) is 13.2 Å². The van der Waals surface area contributed by atoms with Gasteiger partial charge in [-0.05, 0) is 24.1 Å². The van der Waals surface area contributed by atoms with E-state index in [4.69, 9.17) is 5.11 Å². The van der Waals surface area contributed by atoms with Crippen LogP contribution in [-0.4, -0.2) is 28.0 Å². The molecule has 156 valence electrons. The fourth-order valence-electron chi connectivity index (χ4n) is 2.86. The van der Waals surface area contributed by atoms with E-state index < -0.39 is 29.7 Å². The molecule has 3 rings (SSSR count). The molecule has 0 aliphatic rings. The second kappa shape index (κ2) is 9.08. The van der Waals surface area contributed by atoms with Crippen LogP contribution in [0.5, 0.6) is 0 Å². The fourth-order valence-corrected chi connectivity index (χ4v) is 3.66. The number of nitrogens with zero attached hydrogens (tertiary/aromatic N) is 1. The molecule has 0 radical (unpaired) electrons. The Morgan fingerprint density at radius 1 is 1.07 bits per heavy atom. The molecule has 1 amide bonds. The van der Waals surface area contributed by atoms with Crippen LogP contribution < -0.4 is 5.32 Å². The maximum Gasteiger partial charge on any atom is 0.416 e. The van der Waals surface area contributed by atoms with E-state index in [1.54, 1.807) is 0 Å². The number of carboxylic acid groups (broad SMARTS) is 1. The molecule has 1 atom stereocenters. The Morgan fingerprint density at radius 2 is 1.73 bits per heavy atom. The summed E-state index contributed by atoms with van der Waals surface area (Å²) in [7, 11) is 0. The van der Waals surface area contributed by atoms with Crippen LogP contribution in [0.25, 0.3) is 10.6 Å². The number of halogens is 3. The van der Waals surface area contributed by atoms with E-state index in [0.717, 1.165) is 29.0 Å². The van der Waals surface area contributed by atoms with Gasteiger partial charge in [0.15, 0.2) is 0 Å². The van der Waals surface area contributed by atoms with Crippen LogP contribution in [-0.2, 0) is 17.4 Å². The van der Waals surface area contributed by atoms with Crippen LogP contribution in [0.15, 0.2) is 60.0 Å². The minimum Gasteiger partial charge on any atom is -0.481 e. The van der Waals surface area contributed by atoms with Crippen molar-refractivity contribution in [2.24, 2.45) is 0 Å². The van der Waals surface area contributed by atoms with Crippen LogP contribution in [0.2, 0.25) is 0 Å². The summed E-state index contributed by atoms with van der Waals surface area (Å²) in [5.41, 5.74) is 0.655. The minimum atomic E-state index is -4.43. The van der Waals surface area contributed by atoms with E-state index in [1.165, 1.54) is 17.5 Å². The average molecular weight is 434 g/mol. The van der Waals surface area contributed by atoms with Crippen molar-refractivity contribution < 1.29 is 27.9 Å². The number of thiazole rings is 1. The molecule has 5 nitrogen and oxygen atoms in total. The molecule has 0 aliphatic heterocycles. The van der Waals surface area contributed by atoms with Gasteiger partial charge in [0, 0.05) is 17.0 Å². The summed E-state index contributed by atoms with van der Waals surface area (Å²) in [6, 6.07) is 13.0. The smallest absolute Gasteiger partial charge is 0.416 e. The van der Waals surface area contributed by atoms with Crippen molar-refractivity contribution in [3.05, 3.63) is 76.8 Å². The lowest BCUT2D eigenvalue weighted by atomic mass is 10.0. The Labute approximate surface area is 174 Å². The van der Waals surface area contributed by atoms with E-state index in [0.29, 0.717) is 17.0 Å². The van der Waals surface area contributed by atoms with Gasteiger partial charge in [-0.2, -0.15) is 13.2 Å². The normalized spacial score (nSPS) is 12.4. The van der Waals surface area contributed by atoms with Crippen LogP contribution in [0, 0.1) is 0 Å². The molecule has 0 saturated heterocycles. The number of benzene rings is 2. The van der Waals surface area contributed by atoms with Crippen molar-refractivity contribution in [1.29, 1.82) is 0 Å². The first-order valence-electron chi connectivity index (χ1n) is 8.92. The predicted molar refractivity (Wildman–Crippen MR) is 106 cm³/mol. The third kappa shape index (κ3) is 5.66. The van der Waals surface area contributed by atoms with Crippen LogP contribution in [0.1, 0.15) is 28.0 Å². The zero-order valence-corrected chi connectivity index (χ0v) is 16.3. The summed E-state index contributed by atoms with van der Waals surface area (Å²) in [5, 5.41) is 13.7. The molecular formula is C21H17F3N2O3S. The number of aromatic nitrogens is 1. The molecule has 9 heteroatoms. The topological polar surface area (TPSA) is 79.3 Å². The number of carboxylic acids is 1. The zero-order valence-electron chi connectivity index (χ0n) is 15.5. The molecule has 1 heterocycles. The maximum absolute atomic E-state index is 12.7. The van der Waals surface area contributed by atoms with Gasteiger partial charge in [-0.1, -0.05) is 42.5 Å². The Bertz CT molecular complexity index is 1020. The second-order valence-corrected chi connectivity index (χ2v) is 7.43. The Morgan fingerprint density at radius 3 is 2.33 bits per heavy atom. The van der Waals surface area contributed by atoms with Gasteiger partial charge < -0.3 is 10.4 Å². The summed E-state index contributed by atoms with van der Waals surface area (Å²) in [4.78, 5) is 27.9. The van der Waals surface area contributed by atoms with Gasteiger partial charge in [-0.3, -0.25) is 9.59 Å². The quantitative estimate of drug-likeness (QED) is 0.568. The number of hydrogen-bond acceptors (Lipinski definition) is 4. The number of alkyl halides is 3. The monoisotopic (exact) mass is 434 g/mol. The predicted octanol–water partition coefficient (Wildman–Crippen LogP) is 4.64. The molecule has 1 unspecified atom stereocenters. The maximum atomic E-state index is 12.7. The molecule has 0 saturated carbocycles. The van der Waals surface area contributed by atoms with E-state index in [2.05, 4.69) is 10.3 Å². The van der Waals surface area contributed by atoms with Crippen molar-refractivity contribution in [2.45, 2.75) is 25.1 Å². The highest BCUT2D eigenvalue weighted by Crippen LogP contribution is 2.31. The molecule has 0 aliphatic carbocycles. The molecule has 0 bridgehead atoms. The molecule has 2 aromatic carbocycles. The number of aliphatic carboxylic acids is 1. The summed E-state index contributed by atoms with van der Waals surface area (Å²) in [6.45, 7) is 0. The number of nitrogens with one attached hydrogen (secondary N) is 1. The van der Waals surface area contributed by atoms with E-state index in [1.807, 2.05) is 30.3 Å². The Hall–Kier alpha value is -3.20. The minimum absolute atomic E-state index is 0.0818. The summed E-state index contributed by atoms with van der Waals surface area (Å²) in [5.74, 6) is -1.58. The highest BCUT2D eigenvalue weighted by Gasteiger charge is 2.30. The van der Waals surface area contributed by atoms with Gasteiger partial charge in [0.2, 0.25) is 0 Å². The lowest BCUT2D eigenvalue weighted by Crippen LogP contribution is -2.38. The van der Waals surface area contributed by atoms with E-state index in [9.17, 15) is 22.8 Å². The number of amides is 1. The molecule has 0 fully saturated rings. The zero-order chi connectivity index (χ0) is 21.7. The SMILES string of the molecule is O=C(O)CC(Cc1ccccc1)NC(=O)c1csc(-c2ccc(C(F)(F)F)cc2)n1. The number of rotatable bonds is 7. The first-order chi connectivity index (χ1) is 14.2. The highest BCUT2D eigenvalue weighted by molar-refractivity contribution is 7.13. The van der Waals surface area contributed by atoms with Gasteiger partial charge in [-0.25, -0.2) is 4.98 Å². The van der Waals surface area contributed by atoms with Gasteiger partial charge in [0.25, 0.3) is 5.91 Å². The second-order valence-electron chi connectivity index (χ2n) is 6.57. The molecule has 1 aromatic heterocycles. The van der Waals surface area contributed by atoms with Crippen LogP contribution in [0.3, 0.4) is 0 Å². The first-order valence-corrected chi connectivity index (χ1v) is 9.80. The van der Waals surface area contributed by atoms with Gasteiger partial charge in [0.05, 0.1) is 12.0 Å². The molecule has 0 spiro atoms. The molecule has 3 aromatic rings. The lowest BCUT2D eigenvalue weighted by Gasteiger charge is -2.16. The van der Waals surface area contributed by atoms with E-state index >= 15 is 0 Å². The standard InChI is InChI=1S/C21H17F3N2O3S/c22-21(23,24)15-8-6-14(7-9-15)20-26-17(12-30-20)19(29)25-16(11-18(27)28)10-13-4-2-1-3-5-13/h1-9,12,16H,10-11H2,(H,25,29)(H,27,28). The molecule has 30 heavy (non-hydrogen) atoms. The Balaban J connectivity index is 1.71. The largest absolute Gasteiger partial charge is 0.481 e. The summed E-state index contributed by atoms with van der Waals surface area (Å²) >= 11 is 1.12. The third-order valence-electron chi connectivity index (χ3n) is 4.28. The van der Waals surface area contributed by atoms with Gasteiger partial charge in [0.1, 0.15) is 10.7 Å². The Kier molecular flexibility index (Phi) is 6.51. The first kappa shape index (κ1) is 21.5. The fraction of sp³-hybridized carbons (Fsp3) is 0.190. The van der Waals surface area contributed by atoms with Crippen molar-refractivity contribution in [3.8, 4) is 10.6 Å². The average Bonchev–Trinajstić information content (AvgIpc) is 3.18. The van der Waals surface area contributed by atoms with Gasteiger partial charge in [-0.15, -0.1) is 11.3 Å². The third-order valence-corrected chi connectivity index (χ3v) is 5.17. The molecule has 2 N–H and O–H groups in total. The summed E-state index contributed by atoms with van der Waals surface area (Å²) < 4.78 is 38.1. The number of hydrogen-bond donors (Lipinski definition) is 2. The number of carbonyl (C=O) groups excluding carboxylic acids is 1. The van der Waals surface area contributed by atoms with Crippen molar-refractivity contribution in [1.82, 2.24) is 10.3 Å². The highest BCUT2D eigenvalue weighted by atomic mass is 32.1.